The van der Waals surface area contributed by atoms with Crippen molar-refractivity contribution in [2.24, 2.45) is 0 Å². The first-order chi connectivity index (χ1) is 9.06. The van der Waals surface area contributed by atoms with Gasteiger partial charge in [-0.1, -0.05) is 0 Å². The van der Waals surface area contributed by atoms with E-state index in [0.717, 1.165) is 5.56 Å². The van der Waals surface area contributed by atoms with Crippen molar-refractivity contribution >= 4 is 5.82 Å². The van der Waals surface area contributed by atoms with Gasteiger partial charge in [0.15, 0.2) is 11.5 Å². The van der Waals surface area contributed by atoms with E-state index in [1.54, 1.807) is 18.2 Å². The third kappa shape index (κ3) is 2.47. The van der Waals surface area contributed by atoms with Gasteiger partial charge in [-0.05, 0) is 19.1 Å². The zero-order chi connectivity index (χ0) is 14.0. The number of halogens is 1. The van der Waals surface area contributed by atoms with E-state index in [1.807, 2.05) is 0 Å². The first-order valence-corrected chi connectivity index (χ1v) is 5.78. The van der Waals surface area contributed by atoms with Gasteiger partial charge < -0.3 is 15.2 Å². The average Bonchev–Trinajstić information content (AvgIpc) is 2.83. The molecule has 0 amide bonds. The largest absolute Gasteiger partial charge is 0.493 e. The van der Waals surface area contributed by atoms with Crippen LogP contribution in [0.3, 0.4) is 0 Å². The quantitative estimate of drug-likeness (QED) is 0.891. The maximum absolute atomic E-state index is 13.7. The van der Waals surface area contributed by atoms with Crippen molar-refractivity contribution in [3.63, 3.8) is 0 Å². The molecule has 0 saturated heterocycles. The Morgan fingerprint density at radius 1 is 1.26 bits per heavy atom. The summed E-state index contributed by atoms with van der Waals surface area (Å²) >= 11 is 0. The number of alkyl halides is 1. The topological polar surface area (TPSA) is 73.2 Å². The molecule has 0 radical (unpaired) electrons. The van der Waals surface area contributed by atoms with Crippen LogP contribution in [0.15, 0.2) is 18.2 Å². The highest BCUT2D eigenvalue weighted by Gasteiger charge is 2.18. The second kappa shape index (κ2) is 5.17. The molecule has 0 aliphatic carbocycles. The fourth-order valence-electron chi connectivity index (χ4n) is 1.93. The molecule has 1 aromatic carbocycles. The van der Waals surface area contributed by atoms with Gasteiger partial charge in [-0.3, -0.25) is 5.10 Å². The van der Waals surface area contributed by atoms with Crippen LogP contribution in [0.5, 0.6) is 11.5 Å². The maximum Gasteiger partial charge on any atom is 0.166 e. The second-order valence-electron chi connectivity index (χ2n) is 4.12. The molecule has 5 nitrogen and oxygen atoms in total. The molecule has 0 saturated carbocycles. The Morgan fingerprint density at radius 3 is 2.47 bits per heavy atom. The summed E-state index contributed by atoms with van der Waals surface area (Å²) in [6.45, 7) is 1.45. The third-order valence-corrected chi connectivity index (χ3v) is 2.84. The summed E-state index contributed by atoms with van der Waals surface area (Å²) in [5, 5.41) is 6.64. The van der Waals surface area contributed by atoms with Gasteiger partial charge in [0.1, 0.15) is 12.0 Å². The summed E-state index contributed by atoms with van der Waals surface area (Å²) in [5.41, 5.74) is 7.42. The molecule has 19 heavy (non-hydrogen) atoms. The highest BCUT2D eigenvalue weighted by molar-refractivity contribution is 5.68. The van der Waals surface area contributed by atoms with Crippen LogP contribution in [-0.4, -0.2) is 24.4 Å². The number of methoxy groups -OCH3 is 2. The lowest BCUT2D eigenvalue weighted by molar-refractivity contribution is 0.324. The van der Waals surface area contributed by atoms with Gasteiger partial charge in [0.25, 0.3) is 0 Å². The van der Waals surface area contributed by atoms with Crippen LogP contribution in [0, 0.1) is 0 Å². The van der Waals surface area contributed by atoms with Crippen molar-refractivity contribution in [3.05, 3.63) is 23.8 Å². The number of aromatic amines is 1. The van der Waals surface area contributed by atoms with Gasteiger partial charge in [-0.25, -0.2) is 4.39 Å². The van der Waals surface area contributed by atoms with Crippen LogP contribution in [0.4, 0.5) is 10.2 Å². The van der Waals surface area contributed by atoms with Gasteiger partial charge in [-0.15, -0.1) is 0 Å². The highest BCUT2D eigenvalue weighted by atomic mass is 19.1. The molecule has 2 rings (SSSR count). The molecule has 1 aromatic heterocycles. The molecule has 1 atom stereocenters. The number of nitrogens with zero attached hydrogens (tertiary/aromatic N) is 1. The minimum Gasteiger partial charge on any atom is -0.493 e. The smallest absolute Gasteiger partial charge is 0.166 e. The molecule has 0 fully saturated rings. The van der Waals surface area contributed by atoms with Crippen molar-refractivity contribution < 1.29 is 13.9 Å². The molecular formula is C13H16FN3O2. The van der Waals surface area contributed by atoms with Crippen LogP contribution in [0.2, 0.25) is 0 Å². The van der Waals surface area contributed by atoms with E-state index in [9.17, 15) is 4.39 Å². The monoisotopic (exact) mass is 265 g/mol. The summed E-state index contributed by atoms with van der Waals surface area (Å²) in [6.07, 6.45) is -1.18. The zero-order valence-corrected chi connectivity index (χ0v) is 11.0. The molecule has 6 heteroatoms. The summed E-state index contributed by atoms with van der Waals surface area (Å²) in [5.74, 6) is 1.24. The number of nitrogens with one attached hydrogen (secondary N) is 1. The van der Waals surface area contributed by atoms with Crippen molar-refractivity contribution in [2.75, 3.05) is 20.0 Å². The molecular weight excluding hydrogens is 249 g/mol. The molecule has 0 bridgehead atoms. The normalized spacial score (nSPS) is 12.2. The Bertz CT molecular complexity index is 581. The lowest BCUT2D eigenvalue weighted by Gasteiger charge is -2.15. The Morgan fingerprint density at radius 2 is 2.00 bits per heavy atom. The van der Waals surface area contributed by atoms with E-state index in [2.05, 4.69) is 10.2 Å². The second-order valence-corrected chi connectivity index (χ2v) is 4.12. The van der Waals surface area contributed by atoms with Crippen LogP contribution in [0.1, 0.15) is 18.7 Å². The highest BCUT2D eigenvalue weighted by Crippen LogP contribution is 2.39. The minimum absolute atomic E-state index is 0.375. The van der Waals surface area contributed by atoms with Crippen molar-refractivity contribution in [1.82, 2.24) is 10.2 Å². The predicted molar refractivity (Wildman–Crippen MR) is 71.1 cm³/mol. The van der Waals surface area contributed by atoms with Crippen molar-refractivity contribution in [2.45, 2.75) is 13.1 Å². The van der Waals surface area contributed by atoms with Crippen LogP contribution < -0.4 is 15.2 Å². The number of hydrogen-bond donors (Lipinski definition) is 2. The van der Waals surface area contributed by atoms with E-state index in [0.29, 0.717) is 28.6 Å². The number of H-pyrrole nitrogens is 1. The summed E-state index contributed by atoms with van der Waals surface area (Å²) in [4.78, 5) is 0. The van der Waals surface area contributed by atoms with E-state index in [-0.39, 0.29) is 0 Å². The van der Waals surface area contributed by atoms with E-state index < -0.39 is 6.17 Å². The Kier molecular flexibility index (Phi) is 3.59. The molecule has 2 aromatic rings. The number of ether oxygens (including phenoxy) is 2. The zero-order valence-electron chi connectivity index (χ0n) is 11.0. The Balaban J connectivity index is 2.60. The molecule has 3 N–H and O–H groups in total. The van der Waals surface area contributed by atoms with Gasteiger partial charge >= 0.3 is 0 Å². The lowest BCUT2D eigenvalue weighted by Crippen LogP contribution is -1.98. The fourth-order valence-corrected chi connectivity index (χ4v) is 1.93. The van der Waals surface area contributed by atoms with Gasteiger partial charge in [0.2, 0.25) is 0 Å². The number of nitrogen functional groups attached to an aromatic ring is 1. The summed E-state index contributed by atoms with van der Waals surface area (Å²) in [7, 11) is 2.99. The Labute approximate surface area is 110 Å². The SMILES string of the molecule is COc1cc(-c2cc(N)n[nH]2)cc(C(C)F)c1OC. The van der Waals surface area contributed by atoms with Gasteiger partial charge in [-0.2, -0.15) is 5.10 Å². The Hall–Kier alpha value is -2.24. The molecule has 102 valence electrons. The number of benzene rings is 1. The fraction of sp³-hybridized carbons (Fsp3) is 0.308. The van der Waals surface area contributed by atoms with E-state index in [4.69, 9.17) is 15.2 Å². The maximum atomic E-state index is 13.7. The summed E-state index contributed by atoms with van der Waals surface area (Å²) in [6, 6.07) is 5.12. The van der Waals surface area contributed by atoms with Gasteiger partial charge in [0.05, 0.1) is 19.9 Å². The first-order valence-electron chi connectivity index (χ1n) is 5.78. The van der Waals surface area contributed by atoms with Crippen LogP contribution in [-0.2, 0) is 0 Å². The van der Waals surface area contributed by atoms with Gasteiger partial charge in [0, 0.05) is 17.2 Å². The van der Waals surface area contributed by atoms with Crippen molar-refractivity contribution in [1.29, 1.82) is 0 Å². The van der Waals surface area contributed by atoms with E-state index >= 15 is 0 Å². The van der Waals surface area contributed by atoms with E-state index in [1.165, 1.54) is 21.1 Å². The molecule has 1 unspecified atom stereocenters. The average molecular weight is 265 g/mol. The molecule has 1 heterocycles. The summed E-state index contributed by atoms with van der Waals surface area (Å²) < 4.78 is 24.2. The minimum atomic E-state index is -1.18. The predicted octanol–water partition coefficient (Wildman–Crippen LogP) is 2.71. The third-order valence-electron chi connectivity index (χ3n) is 2.84. The lowest BCUT2D eigenvalue weighted by atomic mass is 10.0. The van der Waals surface area contributed by atoms with Crippen LogP contribution >= 0.6 is 0 Å². The number of nitrogens with two attached hydrogens (primary N) is 1. The number of rotatable bonds is 4. The van der Waals surface area contributed by atoms with Crippen LogP contribution in [0.25, 0.3) is 11.3 Å². The molecule has 0 spiro atoms. The molecule has 0 aliphatic rings. The number of hydrogen-bond acceptors (Lipinski definition) is 4. The first kappa shape index (κ1) is 13.2. The standard InChI is InChI=1S/C13H16FN3O2/c1-7(14)9-4-8(10-6-12(15)17-16-10)5-11(18-2)13(9)19-3/h4-7H,1-3H3,(H3,15,16,17). The molecule has 0 aliphatic heterocycles. The van der Waals surface area contributed by atoms with Crippen molar-refractivity contribution in [3.8, 4) is 22.8 Å². The number of aromatic nitrogens is 2. The number of anilines is 1.